The van der Waals surface area contributed by atoms with Gasteiger partial charge in [0, 0.05) is 0 Å². The average molecular weight is 845 g/mol. The molecule has 0 heterocycles. The van der Waals surface area contributed by atoms with Gasteiger partial charge in [0.25, 0.3) is 0 Å². The molecular formula is C67H40. The van der Waals surface area contributed by atoms with Crippen LogP contribution >= 0.6 is 0 Å². The van der Waals surface area contributed by atoms with Crippen molar-refractivity contribution in [2.24, 2.45) is 0 Å². The zero-order chi connectivity index (χ0) is 43.8. The summed E-state index contributed by atoms with van der Waals surface area (Å²) in [4.78, 5) is 0. The lowest BCUT2D eigenvalue weighted by atomic mass is 9.69. The largest absolute Gasteiger partial charge is 0.0731 e. The molecule has 0 radical (unpaired) electrons. The molecule has 0 saturated carbocycles. The van der Waals surface area contributed by atoms with Gasteiger partial charge in [-0.3, -0.25) is 0 Å². The highest BCUT2D eigenvalue weighted by Crippen LogP contribution is 2.66. The van der Waals surface area contributed by atoms with Crippen LogP contribution in [0.15, 0.2) is 243 Å². The molecule has 0 bridgehead atoms. The molecule has 2 aliphatic carbocycles. The Morgan fingerprint density at radius 2 is 0.657 bits per heavy atom. The number of benzene rings is 13. The smallest absolute Gasteiger partial charge is 0.0619 e. The highest BCUT2D eigenvalue weighted by atomic mass is 14.5. The maximum absolute atomic E-state index is 2.52. The number of hydrogen-bond donors (Lipinski definition) is 0. The van der Waals surface area contributed by atoms with Crippen molar-refractivity contribution >= 4 is 64.6 Å². The first-order valence-electron chi connectivity index (χ1n) is 23.5. The van der Waals surface area contributed by atoms with Crippen molar-refractivity contribution in [3.8, 4) is 55.6 Å². The first-order chi connectivity index (χ1) is 33.2. The van der Waals surface area contributed by atoms with E-state index in [-0.39, 0.29) is 0 Å². The van der Waals surface area contributed by atoms with E-state index < -0.39 is 5.41 Å². The predicted molar refractivity (Wildman–Crippen MR) is 284 cm³/mol. The monoisotopic (exact) mass is 844 g/mol. The predicted octanol–water partition coefficient (Wildman–Crippen LogP) is 18.0. The number of rotatable bonds is 3. The fourth-order valence-electron chi connectivity index (χ4n) is 12.7. The molecule has 0 aliphatic heterocycles. The lowest BCUT2D eigenvalue weighted by Crippen LogP contribution is -2.26. The second-order valence-electron chi connectivity index (χ2n) is 18.6. The van der Waals surface area contributed by atoms with E-state index >= 15 is 0 Å². The molecule has 67 heavy (non-hydrogen) atoms. The molecule has 0 saturated heterocycles. The summed E-state index contributed by atoms with van der Waals surface area (Å²) in [5, 5.41) is 15.3. The standard InChI is InChI=1S/C67H40/c1-2-16-44-37-47(34-31-41(44)15-1)42-29-32-43(33-30-42)63-53-23-7-9-25-55(53)64(56-26-10-8-24-54(56)63)48-35-36-57-58(39-48)49-19-5-6-22-52(49)65-59-38-45-17-3-4-18-46(45)40-62(59)67(66(57)65)60-27-13-11-20-50(60)51-21-12-14-28-61(51)67/h1-40H. The Hall–Kier alpha value is -8.58. The van der Waals surface area contributed by atoms with Gasteiger partial charge in [-0.05, 0) is 167 Å². The summed E-state index contributed by atoms with van der Waals surface area (Å²) in [6.07, 6.45) is 0. The Morgan fingerprint density at radius 1 is 0.209 bits per heavy atom. The van der Waals surface area contributed by atoms with E-state index in [4.69, 9.17) is 0 Å². The molecular weight excluding hydrogens is 805 g/mol. The van der Waals surface area contributed by atoms with Gasteiger partial charge in [-0.15, -0.1) is 0 Å². The summed E-state index contributed by atoms with van der Waals surface area (Å²) >= 11 is 0. The quantitative estimate of drug-likeness (QED) is 0.123. The van der Waals surface area contributed by atoms with Gasteiger partial charge in [0.2, 0.25) is 0 Å². The van der Waals surface area contributed by atoms with Crippen molar-refractivity contribution < 1.29 is 0 Å². The van der Waals surface area contributed by atoms with Crippen LogP contribution < -0.4 is 0 Å². The van der Waals surface area contributed by atoms with Crippen LogP contribution in [-0.4, -0.2) is 0 Å². The van der Waals surface area contributed by atoms with Crippen LogP contribution in [0.4, 0.5) is 0 Å². The Kier molecular flexibility index (Phi) is 7.52. The summed E-state index contributed by atoms with van der Waals surface area (Å²) in [5.41, 5.74) is 17.8. The van der Waals surface area contributed by atoms with Gasteiger partial charge in [0.05, 0.1) is 5.41 Å². The molecule has 13 aromatic rings. The van der Waals surface area contributed by atoms with Crippen molar-refractivity contribution in [1.29, 1.82) is 0 Å². The molecule has 0 amide bonds. The molecule has 13 aromatic carbocycles. The summed E-state index contributed by atoms with van der Waals surface area (Å²) in [7, 11) is 0. The summed E-state index contributed by atoms with van der Waals surface area (Å²) in [6, 6.07) is 91.5. The van der Waals surface area contributed by atoms with Gasteiger partial charge in [0.1, 0.15) is 0 Å². The second-order valence-corrected chi connectivity index (χ2v) is 18.6. The topological polar surface area (TPSA) is 0 Å². The Morgan fingerprint density at radius 3 is 1.28 bits per heavy atom. The van der Waals surface area contributed by atoms with E-state index in [2.05, 4.69) is 243 Å². The molecule has 0 N–H and O–H groups in total. The van der Waals surface area contributed by atoms with Gasteiger partial charge in [0.15, 0.2) is 0 Å². The highest BCUT2D eigenvalue weighted by molar-refractivity contribution is 6.25. The van der Waals surface area contributed by atoms with E-state index in [0.717, 1.165) is 0 Å². The van der Waals surface area contributed by atoms with Gasteiger partial charge in [-0.2, -0.15) is 0 Å². The molecule has 2 aliphatic rings. The van der Waals surface area contributed by atoms with Crippen LogP contribution in [0.25, 0.3) is 120 Å². The van der Waals surface area contributed by atoms with Crippen molar-refractivity contribution in [2.45, 2.75) is 5.41 Å². The summed E-state index contributed by atoms with van der Waals surface area (Å²) in [5.74, 6) is 0. The fraction of sp³-hybridized carbons (Fsp3) is 0.0149. The lowest BCUT2D eigenvalue weighted by molar-refractivity contribution is 0.803. The molecule has 0 heteroatoms. The number of fused-ring (bicyclic) bond motifs is 19. The normalized spacial score (nSPS) is 13.2. The molecule has 308 valence electrons. The third-order valence-electron chi connectivity index (χ3n) is 15.4. The van der Waals surface area contributed by atoms with E-state index in [9.17, 15) is 0 Å². The van der Waals surface area contributed by atoms with Crippen LogP contribution in [0, 0.1) is 0 Å². The molecule has 0 nitrogen and oxygen atoms in total. The molecule has 1 spiro atoms. The van der Waals surface area contributed by atoms with Gasteiger partial charge < -0.3 is 0 Å². The lowest BCUT2D eigenvalue weighted by Gasteiger charge is -2.32. The minimum absolute atomic E-state index is 0.490. The Bertz CT molecular complexity index is 4160. The van der Waals surface area contributed by atoms with Crippen molar-refractivity contribution in [3.63, 3.8) is 0 Å². The van der Waals surface area contributed by atoms with Gasteiger partial charge >= 0.3 is 0 Å². The minimum Gasteiger partial charge on any atom is -0.0619 e. The highest BCUT2D eigenvalue weighted by Gasteiger charge is 2.53. The van der Waals surface area contributed by atoms with Gasteiger partial charge in [-0.25, -0.2) is 0 Å². The number of hydrogen-bond acceptors (Lipinski definition) is 0. The van der Waals surface area contributed by atoms with Crippen LogP contribution in [-0.2, 0) is 5.41 Å². The zero-order valence-electron chi connectivity index (χ0n) is 36.6. The third-order valence-corrected chi connectivity index (χ3v) is 15.4. The Labute approximate surface area is 388 Å². The van der Waals surface area contributed by atoms with Crippen molar-refractivity contribution in [2.75, 3.05) is 0 Å². The molecule has 0 fully saturated rings. The maximum Gasteiger partial charge on any atom is 0.0731 e. The maximum atomic E-state index is 2.52. The van der Waals surface area contributed by atoms with Crippen molar-refractivity contribution in [1.82, 2.24) is 0 Å². The summed E-state index contributed by atoms with van der Waals surface area (Å²) < 4.78 is 0. The SMILES string of the molecule is c1ccc2c(c1)-c1ccccc1C21c2cc3ccccc3cc2-c2c1c1ccc(-c3c4ccccc4c(-c4ccc(-c5ccc6ccccc6c5)cc4)c4ccccc34)cc1c1ccccc21. The van der Waals surface area contributed by atoms with E-state index in [1.165, 1.54) is 143 Å². The van der Waals surface area contributed by atoms with Crippen LogP contribution in [0.3, 0.4) is 0 Å². The van der Waals surface area contributed by atoms with E-state index in [0.29, 0.717) is 0 Å². The molecule has 0 aromatic heterocycles. The van der Waals surface area contributed by atoms with Gasteiger partial charge in [-0.1, -0.05) is 218 Å². The van der Waals surface area contributed by atoms with Crippen LogP contribution in [0.2, 0.25) is 0 Å². The molecule has 0 atom stereocenters. The average Bonchev–Trinajstić information content (AvgIpc) is 3.86. The Balaban J connectivity index is 0.993. The molecule has 15 rings (SSSR count). The molecule has 0 unspecified atom stereocenters. The van der Waals surface area contributed by atoms with Crippen LogP contribution in [0.5, 0.6) is 0 Å². The first kappa shape index (κ1) is 36.7. The first-order valence-corrected chi connectivity index (χ1v) is 23.5. The van der Waals surface area contributed by atoms with Crippen molar-refractivity contribution in [3.05, 3.63) is 265 Å². The minimum atomic E-state index is -0.490. The zero-order valence-corrected chi connectivity index (χ0v) is 36.6. The second kappa shape index (κ2) is 13.7. The van der Waals surface area contributed by atoms with Crippen LogP contribution in [0.1, 0.15) is 22.3 Å². The summed E-state index contributed by atoms with van der Waals surface area (Å²) in [6.45, 7) is 0. The fourth-order valence-corrected chi connectivity index (χ4v) is 12.7. The van der Waals surface area contributed by atoms with E-state index in [1.807, 2.05) is 0 Å². The third kappa shape index (κ3) is 4.97. The van der Waals surface area contributed by atoms with E-state index in [1.54, 1.807) is 0 Å².